The lowest BCUT2D eigenvalue weighted by atomic mass is 10.0. The van der Waals surface area contributed by atoms with E-state index in [9.17, 15) is 4.79 Å². The number of hydrogen-bond acceptors (Lipinski definition) is 4. The number of hydrogen-bond donors (Lipinski definition) is 1. The molecule has 0 radical (unpaired) electrons. The van der Waals surface area contributed by atoms with Crippen LogP contribution in [0.15, 0.2) is 18.2 Å². The lowest BCUT2D eigenvalue weighted by molar-refractivity contribution is 0.355. The molecule has 0 aliphatic rings. The van der Waals surface area contributed by atoms with Gasteiger partial charge in [-0.3, -0.25) is 0 Å². The number of methoxy groups -OCH3 is 2. The van der Waals surface area contributed by atoms with Gasteiger partial charge in [0.05, 0.1) is 14.2 Å². The Morgan fingerprint density at radius 2 is 2.00 bits per heavy atom. The topological polar surface area (TPSA) is 47.6 Å². The Bertz CT molecular complexity index is 423. The Labute approximate surface area is 101 Å². The molecule has 0 amide bonds. The minimum Gasteiger partial charge on any atom is -0.493 e. The van der Waals surface area contributed by atoms with Gasteiger partial charge in [0.2, 0.25) is 0 Å². The zero-order chi connectivity index (χ0) is 12.7. The highest BCUT2D eigenvalue weighted by atomic mass is 16.5. The van der Waals surface area contributed by atoms with E-state index < -0.39 is 0 Å². The van der Waals surface area contributed by atoms with Crippen molar-refractivity contribution in [2.24, 2.45) is 0 Å². The normalized spacial score (nSPS) is 9.59. The summed E-state index contributed by atoms with van der Waals surface area (Å²) in [5.41, 5.74) is 1.44. The van der Waals surface area contributed by atoms with Crippen LogP contribution in [0.5, 0.6) is 11.5 Å². The zero-order valence-electron chi connectivity index (χ0n) is 10.4. The lowest BCUT2D eigenvalue weighted by Gasteiger charge is -2.10. The third-order valence-corrected chi connectivity index (χ3v) is 2.48. The molecule has 4 heteroatoms. The second-order valence-corrected chi connectivity index (χ2v) is 3.50. The summed E-state index contributed by atoms with van der Waals surface area (Å²) in [6, 6.07) is 5.40. The fraction of sp³-hybridized carbons (Fsp3) is 0.385. The Hall–Kier alpha value is -1.77. The van der Waals surface area contributed by atoms with Crippen LogP contribution in [0.25, 0.3) is 5.57 Å². The van der Waals surface area contributed by atoms with Gasteiger partial charge in [-0.15, -0.1) is 0 Å². The van der Waals surface area contributed by atoms with Crippen molar-refractivity contribution in [1.29, 1.82) is 0 Å². The van der Waals surface area contributed by atoms with Gasteiger partial charge in [0, 0.05) is 5.57 Å². The molecule has 0 aromatic heterocycles. The van der Waals surface area contributed by atoms with Crippen molar-refractivity contribution in [1.82, 2.24) is 5.32 Å². The molecular formula is C13H17NO3. The minimum absolute atomic E-state index is 0.613. The lowest BCUT2D eigenvalue weighted by Crippen LogP contribution is -2.08. The summed E-state index contributed by atoms with van der Waals surface area (Å²) in [5.74, 6) is 3.23. The number of benzene rings is 1. The first-order valence-electron chi connectivity index (χ1n) is 5.37. The molecule has 1 rings (SSSR count). The molecule has 0 fully saturated rings. The molecule has 0 saturated carbocycles. The van der Waals surface area contributed by atoms with Gasteiger partial charge in [-0.25, -0.2) is 4.79 Å². The first kappa shape index (κ1) is 13.3. The number of ether oxygens (including phenoxy) is 2. The summed E-state index contributed by atoms with van der Waals surface area (Å²) in [6.07, 6.45) is 0.634. The van der Waals surface area contributed by atoms with E-state index in [1.165, 1.54) is 0 Å². The monoisotopic (exact) mass is 235 g/mol. The van der Waals surface area contributed by atoms with Crippen LogP contribution in [0, 0.1) is 0 Å². The van der Waals surface area contributed by atoms with Crippen molar-refractivity contribution in [3.8, 4) is 11.5 Å². The SMILES string of the molecule is CNCCC(=C=O)c1ccc(OC)c(OC)c1. The number of rotatable bonds is 6. The Balaban J connectivity index is 3.01. The maximum absolute atomic E-state index is 10.9. The van der Waals surface area contributed by atoms with Gasteiger partial charge in [-0.2, -0.15) is 0 Å². The molecule has 0 saturated heterocycles. The van der Waals surface area contributed by atoms with Crippen LogP contribution in [0.3, 0.4) is 0 Å². The van der Waals surface area contributed by atoms with Gasteiger partial charge in [-0.1, -0.05) is 6.07 Å². The fourth-order valence-electron chi connectivity index (χ4n) is 1.53. The van der Waals surface area contributed by atoms with E-state index in [0.29, 0.717) is 23.5 Å². The van der Waals surface area contributed by atoms with Crippen molar-refractivity contribution in [2.75, 3.05) is 27.8 Å². The summed E-state index contributed by atoms with van der Waals surface area (Å²) in [6.45, 7) is 0.735. The molecule has 0 unspecified atom stereocenters. The average Bonchev–Trinajstić information content (AvgIpc) is 2.39. The fourth-order valence-corrected chi connectivity index (χ4v) is 1.53. The molecule has 17 heavy (non-hydrogen) atoms. The molecule has 1 aromatic rings. The third kappa shape index (κ3) is 3.34. The molecule has 0 heterocycles. The number of nitrogens with one attached hydrogen (secondary N) is 1. The van der Waals surface area contributed by atoms with E-state index in [4.69, 9.17) is 9.47 Å². The van der Waals surface area contributed by atoms with Gasteiger partial charge >= 0.3 is 0 Å². The van der Waals surface area contributed by atoms with Gasteiger partial charge in [0.15, 0.2) is 11.5 Å². The van der Waals surface area contributed by atoms with E-state index >= 15 is 0 Å². The van der Waals surface area contributed by atoms with Crippen LogP contribution in [-0.2, 0) is 4.79 Å². The highest BCUT2D eigenvalue weighted by molar-refractivity contribution is 5.88. The first-order chi connectivity index (χ1) is 8.26. The van der Waals surface area contributed by atoms with Crippen LogP contribution in [0.2, 0.25) is 0 Å². The molecule has 0 aliphatic carbocycles. The standard InChI is InChI=1S/C13H17NO3/c1-14-7-6-11(9-15)10-4-5-12(16-2)13(8-10)17-3/h4-5,8,14H,6-7H2,1-3H3. The molecule has 1 N–H and O–H groups in total. The van der Waals surface area contributed by atoms with Crippen LogP contribution in [0.1, 0.15) is 12.0 Å². The second kappa shape index (κ2) is 6.74. The maximum Gasteiger partial charge on any atom is 0.161 e. The van der Waals surface area contributed by atoms with Gasteiger partial charge < -0.3 is 14.8 Å². The predicted octanol–water partition coefficient (Wildman–Crippen LogP) is 1.53. The number of carbonyl (C=O) groups excluding carboxylic acids is 1. The zero-order valence-corrected chi connectivity index (χ0v) is 10.4. The van der Waals surface area contributed by atoms with Gasteiger partial charge in [0.25, 0.3) is 0 Å². The first-order valence-corrected chi connectivity index (χ1v) is 5.37. The van der Waals surface area contributed by atoms with Crippen molar-refractivity contribution < 1.29 is 14.3 Å². The van der Waals surface area contributed by atoms with E-state index in [-0.39, 0.29) is 0 Å². The molecule has 4 nitrogen and oxygen atoms in total. The summed E-state index contributed by atoms with van der Waals surface area (Å²) < 4.78 is 10.3. The third-order valence-electron chi connectivity index (χ3n) is 2.48. The molecular weight excluding hydrogens is 218 g/mol. The molecule has 0 bridgehead atoms. The van der Waals surface area contributed by atoms with E-state index in [2.05, 4.69) is 5.32 Å². The van der Waals surface area contributed by atoms with Crippen molar-refractivity contribution in [3.63, 3.8) is 0 Å². The van der Waals surface area contributed by atoms with Crippen molar-refractivity contribution in [2.45, 2.75) is 6.42 Å². The summed E-state index contributed by atoms with van der Waals surface area (Å²) in [4.78, 5) is 10.9. The molecule has 0 atom stereocenters. The van der Waals surface area contributed by atoms with Crippen LogP contribution in [0.4, 0.5) is 0 Å². The molecule has 0 aliphatic heterocycles. The van der Waals surface area contributed by atoms with E-state index in [1.807, 2.05) is 19.1 Å². The van der Waals surface area contributed by atoms with Crippen molar-refractivity contribution in [3.05, 3.63) is 23.8 Å². The minimum atomic E-state index is 0.613. The smallest absolute Gasteiger partial charge is 0.161 e. The molecule has 0 spiro atoms. The Morgan fingerprint density at radius 3 is 2.53 bits per heavy atom. The van der Waals surface area contributed by atoms with Crippen LogP contribution < -0.4 is 14.8 Å². The Kier molecular flexibility index (Phi) is 5.27. The van der Waals surface area contributed by atoms with E-state index in [0.717, 1.165) is 12.1 Å². The van der Waals surface area contributed by atoms with Crippen molar-refractivity contribution >= 4 is 11.5 Å². The van der Waals surface area contributed by atoms with E-state index in [1.54, 1.807) is 26.4 Å². The predicted molar refractivity (Wildman–Crippen MR) is 67.2 cm³/mol. The highest BCUT2D eigenvalue weighted by Gasteiger charge is 2.08. The summed E-state index contributed by atoms with van der Waals surface area (Å²) in [5, 5.41) is 3.00. The molecule has 1 aromatic carbocycles. The quantitative estimate of drug-likeness (QED) is 0.760. The average molecular weight is 235 g/mol. The summed E-state index contributed by atoms with van der Waals surface area (Å²) in [7, 11) is 4.99. The Morgan fingerprint density at radius 1 is 1.29 bits per heavy atom. The molecule has 92 valence electrons. The highest BCUT2D eigenvalue weighted by Crippen LogP contribution is 2.30. The van der Waals surface area contributed by atoms with Gasteiger partial charge in [0.1, 0.15) is 5.94 Å². The maximum atomic E-state index is 10.9. The summed E-state index contributed by atoms with van der Waals surface area (Å²) >= 11 is 0. The van der Waals surface area contributed by atoms with Crippen LogP contribution in [-0.4, -0.2) is 33.8 Å². The van der Waals surface area contributed by atoms with Crippen LogP contribution >= 0.6 is 0 Å². The van der Waals surface area contributed by atoms with Gasteiger partial charge in [-0.05, 0) is 37.7 Å². The second-order valence-electron chi connectivity index (χ2n) is 3.50. The largest absolute Gasteiger partial charge is 0.493 e.